The number of hydrogen-bond acceptors (Lipinski definition) is 6. The van der Waals surface area contributed by atoms with Crippen LogP contribution in [0.2, 0.25) is 0 Å². The molecule has 0 aliphatic carbocycles. The fraction of sp³-hybridized carbons (Fsp3) is 0.278. The number of anilines is 1. The highest BCUT2D eigenvalue weighted by Gasteiger charge is 2.12. The van der Waals surface area contributed by atoms with Gasteiger partial charge in [-0.2, -0.15) is 4.98 Å². The number of aryl methyl sites for hydroxylation is 1. The van der Waals surface area contributed by atoms with Crippen LogP contribution in [0, 0.1) is 0 Å². The van der Waals surface area contributed by atoms with Crippen LogP contribution in [0.15, 0.2) is 46.3 Å². The number of nitrogens with one attached hydrogen (secondary N) is 1. The molecule has 0 saturated carbocycles. The highest BCUT2D eigenvalue weighted by atomic mass is 32.1. The first-order chi connectivity index (χ1) is 12.3. The van der Waals surface area contributed by atoms with E-state index in [9.17, 15) is 4.79 Å². The summed E-state index contributed by atoms with van der Waals surface area (Å²) in [5, 5.41) is 8.77. The SMILES string of the molecule is CCCOc1ccccc1NC(=O)CCc1nc(-c2cccs2)no1. The monoisotopic (exact) mass is 357 g/mol. The standard InChI is InChI=1S/C18H19N3O3S/c1-2-11-23-14-7-4-3-6-13(14)19-16(22)9-10-17-20-18(21-24-17)15-8-5-12-25-15/h3-8,12H,2,9-11H2,1H3,(H,19,22). The Morgan fingerprint density at radius 3 is 2.96 bits per heavy atom. The molecule has 3 aromatic rings. The van der Waals surface area contributed by atoms with Crippen LogP contribution in [-0.4, -0.2) is 22.7 Å². The first-order valence-electron chi connectivity index (χ1n) is 8.14. The molecular formula is C18H19N3O3S. The van der Waals surface area contributed by atoms with Crippen molar-refractivity contribution in [3.05, 3.63) is 47.7 Å². The summed E-state index contributed by atoms with van der Waals surface area (Å²) in [5.74, 6) is 1.57. The van der Waals surface area contributed by atoms with Crippen molar-refractivity contribution in [1.82, 2.24) is 10.1 Å². The molecule has 0 fully saturated rings. The van der Waals surface area contributed by atoms with Crippen LogP contribution in [0.4, 0.5) is 5.69 Å². The number of carbonyl (C=O) groups is 1. The lowest BCUT2D eigenvalue weighted by molar-refractivity contribution is -0.116. The maximum atomic E-state index is 12.2. The lowest BCUT2D eigenvalue weighted by Crippen LogP contribution is -2.13. The van der Waals surface area contributed by atoms with E-state index in [-0.39, 0.29) is 12.3 Å². The molecule has 0 aliphatic rings. The number of hydrogen-bond donors (Lipinski definition) is 1. The molecule has 0 radical (unpaired) electrons. The largest absolute Gasteiger partial charge is 0.491 e. The summed E-state index contributed by atoms with van der Waals surface area (Å²) in [6.45, 7) is 2.65. The Balaban J connectivity index is 1.55. The number of nitrogens with zero attached hydrogens (tertiary/aromatic N) is 2. The number of amides is 1. The first kappa shape index (κ1) is 17.2. The third kappa shape index (κ3) is 4.67. The lowest BCUT2D eigenvalue weighted by Gasteiger charge is -2.11. The van der Waals surface area contributed by atoms with Gasteiger partial charge in [-0.25, -0.2) is 0 Å². The van der Waals surface area contributed by atoms with E-state index in [0.717, 1.165) is 11.3 Å². The highest BCUT2D eigenvalue weighted by Crippen LogP contribution is 2.24. The average molecular weight is 357 g/mol. The Morgan fingerprint density at radius 1 is 1.28 bits per heavy atom. The second kappa shape index (κ2) is 8.43. The summed E-state index contributed by atoms with van der Waals surface area (Å²) in [7, 11) is 0. The third-order valence-corrected chi connectivity index (χ3v) is 4.26. The Kier molecular flexibility index (Phi) is 5.79. The molecule has 0 bridgehead atoms. The molecule has 3 rings (SSSR count). The number of thiophene rings is 1. The van der Waals surface area contributed by atoms with E-state index in [1.54, 1.807) is 11.3 Å². The van der Waals surface area contributed by atoms with Crippen molar-refractivity contribution in [1.29, 1.82) is 0 Å². The van der Waals surface area contributed by atoms with Crippen LogP contribution in [0.5, 0.6) is 5.75 Å². The van der Waals surface area contributed by atoms with E-state index >= 15 is 0 Å². The minimum atomic E-state index is -0.122. The zero-order valence-corrected chi connectivity index (χ0v) is 14.7. The number of benzene rings is 1. The van der Waals surface area contributed by atoms with Gasteiger partial charge in [0.05, 0.1) is 17.2 Å². The van der Waals surface area contributed by atoms with Crippen molar-refractivity contribution in [3.8, 4) is 16.5 Å². The van der Waals surface area contributed by atoms with Gasteiger partial charge in [0.25, 0.3) is 0 Å². The second-order valence-electron chi connectivity index (χ2n) is 5.38. The minimum absolute atomic E-state index is 0.122. The molecule has 0 unspecified atom stereocenters. The maximum Gasteiger partial charge on any atom is 0.227 e. The van der Waals surface area contributed by atoms with Crippen molar-refractivity contribution >= 4 is 22.9 Å². The molecular weight excluding hydrogens is 338 g/mol. The Morgan fingerprint density at radius 2 is 2.16 bits per heavy atom. The summed E-state index contributed by atoms with van der Waals surface area (Å²) < 4.78 is 10.8. The molecule has 2 aromatic heterocycles. The summed E-state index contributed by atoms with van der Waals surface area (Å²) >= 11 is 1.55. The summed E-state index contributed by atoms with van der Waals surface area (Å²) in [4.78, 5) is 17.5. The molecule has 130 valence electrons. The summed E-state index contributed by atoms with van der Waals surface area (Å²) in [6.07, 6.45) is 1.56. The van der Waals surface area contributed by atoms with Crippen molar-refractivity contribution < 1.29 is 14.1 Å². The van der Waals surface area contributed by atoms with Crippen LogP contribution < -0.4 is 10.1 Å². The summed E-state index contributed by atoms with van der Waals surface area (Å²) in [6, 6.07) is 11.3. The molecule has 0 saturated heterocycles. The van der Waals surface area contributed by atoms with Gasteiger partial charge in [0.15, 0.2) is 0 Å². The molecule has 1 N–H and O–H groups in total. The Bertz CT molecular complexity index is 815. The predicted octanol–water partition coefficient (Wildman–Crippen LogP) is 4.16. The number of carbonyl (C=O) groups excluding carboxylic acids is 1. The quantitative estimate of drug-likeness (QED) is 0.655. The van der Waals surface area contributed by atoms with Crippen molar-refractivity contribution in [2.45, 2.75) is 26.2 Å². The molecule has 0 aliphatic heterocycles. The van der Waals surface area contributed by atoms with Gasteiger partial charge in [-0.15, -0.1) is 11.3 Å². The molecule has 25 heavy (non-hydrogen) atoms. The van der Waals surface area contributed by atoms with Crippen molar-refractivity contribution in [3.63, 3.8) is 0 Å². The van der Waals surface area contributed by atoms with Crippen LogP contribution in [-0.2, 0) is 11.2 Å². The van der Waals surface area contributed by atoms with Crippen LogP contribution in [0.1, 0.15) is 25.7 Å². The van der Waals surface area contributed by atoms with Gasteiger partial charge in [0.1, 0.15) is 5.75 Å². The molecule has 1 aromatic carbocycles. The van der Waals surface area contributed by atoms with Gasteiger partial charge in [-0.3, -0.25) is 4.79 Å². The van der Waals surface area contributed by atoms with E-state index in [1.807, 2.05) is 48.7 Å². The third-order valence-electron chi connectivity index (χ3n) is 3.40. The normalized spacial score (nSPS) is 10.6. The van der Waals surface area contributed by atoms with Crippen LogP contribution in [0.25, 0.3) is 10.7 Å². The first-order valence-corrected chi connectivity index (χ1v) is 9.02. The smallest absolute Gasteiger partial charge is 0.227 e. The van der Waals surface area contributed by atoms with Gasteiger partial charge in [0.2, 0.25) is 17.6 Å². The van der Waals surface area contributed by atoms with Crippen LogP contribution in [0.3, 0.4) is 0 Å². The minimum Gasteiger partial charge on any atom is -0.491 e. The topological polar surface area (TPSA) is 77.2 Å². The zero-order chi connectivity index (χ0) is 17.5. The van der Waals surface area contributed by atoms with E-state index in [0.29, 0.717) is 36.2 Å². The molecule has 2 heterocycles. The van der Waals surface area contributed by atoms with E-state index < -0.39 is 0 Å². The second-order valence-corrected chi connectivity index (χ2v) is 6.33. The lowest BCUT2D eigenvalue weighted by atomic mass is 10.2. The van der Waals surface area contributed by atoms with Gasteiger partial charge in [-0.1, -0.05) is 30.3 Å². The molecule has 0 atom stereocenters. The van der Waals surface area contributed by atoms with Gasteiger partial charge >= 0.3 is 0 Å². The number of para-hydroxylation sites is 2. The maximum absolute atomic E-state index is 12.2. The zero-order valence-electron chi connectivity index (χ0n) is 13.9. The fourth-order valence-electron chi connectivity index (χ4n) is 2.20. The average Bonchev–Trinajstić information content (AvgIpc) is 3.30. The molecule has 1 amide bonds. The number of ether oxygens (including phenoxy) is 1. The van der Waals surface area contributed by atoms with Gasteiger partial charge in [0, 0.05) is 12.8 Å². The molecule has 6 nitrogen and oxygen atoms in total. The van der Waals surface area contributed by atoms with Gasteiger partial charge in [-0.05, 0) is 30.0 Å². The van der Waals surface area contributed by atoms with Gasteiger partial charge < -0.3 is 14.6 Å². The number of aromatic nitrogens is 2. The highest BCUT2D eigenvalue weighted by molar-refractivity contribution is 7.13. The summed E-state index contributed by atoms with van der Waals surface area (Å²) in [5.41, 5.74) is 0.672. The Hall–Kier alpha value is -2.67. The van der Waals surface area contributed by atoms with Crippen molar-refractivity contribution in [2.24, 2.45) is 0 Å². The van der Waals surface area contributed by atoms with E-state index in [2.05, 4.69) is 15.5 Å². The molecule has 7 heteroatoms. The van der Waals surface area contributed by atoms with E-state index in [1.165, 1.54) is 0 Å². The predicted molar refractivity (Wildman–Crippen MR) is 96.8 cm³/mol. The van der Waals surface area contributed by atoms with Crippen molar-refractivity contribution in [2.75, 3.05) is 11.9 Å². The Labute approximate surface area is 149 Å². The number of rotatable bonds is 8. The van der Waals surface area contributed by atoms with E-state index in [4.69, 9.17) is 9.26 Å². The molecule has 0 spiro atoms. The van der Waals surface area contributed by atoms with Crippen LogP contribution >= 0.6 is 11.3 Å². The fourth-order valence-corrected chi connectivity index (χ4v) is 2.85.